The van der Waals surface area contributed by atoms with Crippen LogP contribution in [0.4, 0.5) is 0 Å². The van der Waals surface area contributed by atoms with Crippen LogP contribution in [0.2, 0.25) is 0 Å². The van der Waals surface area contributed by atoms with Gasteiger partial charge in [0.05, 0.1) is 12.0 Å². The van der Waals surface area contributed by atoms with Crippen molar-refractivity contribution in [2.24, 2.45) is 11.3 Å². The van der Waals surface area contributed by atoms with Crippen molar-refractivity contribution >= 4 is 17.9 Å². The lowest BCUT2D eigenvalue weighted by atomic mass is 9.39. The summed E-state index contributed by atoms with van der Waals surface area (Å²) in [6.45, 7) is 2.62. The van der Waals surface area contributed by atoms with E-state index in [1.54, 1.807) is 14.2 Å². The van der Waals surface area contributed by atoms with Crippen molar-refractivity contribution in [3.05, 3.63) is 41.0 Å². The lowest BCUT2D eigenvalue weighted by molar-refractivity contribution is -0.162. The number of nitrogens with zero attached hydrogens (tertiary/aromatic N) is 1. The molecule has 4 rings (SSSR count). The summed E-state index contributed by atoms with van der Waals surface area (Å²) in [4.78, 5) is 27.1. The molecule has 114 valence electrons. The maximum Gasteiger partial charge on any atom is 0.260 e. The summed E-state index contributed by atoms with van der Waals surface area (Å²) in [5.74, 6) is -0.143. The highest BCUT2D eigenvalue weighted by atomic mass is 16.5. The number of carbonyl (C=O) groups is 2. The summed E-state index contributed by atoms with van der Waals surface area (Å²) in [7, 11) is 3.26. The zero-order valence-electron chi connectivity index (χ0n) is 13.1. The van der Waals surface area contributed by atoms with Gasteiger partial charge in [0.25, 0.3) is 5.91 Å². The van der Waals surface area contributed by atoms with Crippen LogP contribution >= 0.6 is 0 Å². The number of benzene rings is 1. The molecule has 1 aliphatic heterocycles. The average molecular weight is 297 g/mol. The number of likely N-dealkylation sites (N-methyl/N-ethyl adjacent to an activating group) is 1. The number of carbonyl (C=O) groups excluding carboxylic acids is 2. The maximum absolute atomic E-state index is 13.2. The molecule has 0 bridgehead atoms. The molecule has 4 heteroatoms. The van der Waals surface area contributed by atoms with E-state index < -0.39 is 5.41 Å². The molecule has 1 saturated carbocycles. The molecule has 1 aromatic carbocycles. The number of ether oxygens (including phenoxy) is 1. The Morgan fingerprint density at radius 3 is 2.86 bits per heavy atom. The quantitative estimate of drug-likeness (QED) is 0.787. The zero-order chi connectivity index (χ0) is 15.7. The minimum Gasteiger partial charge on any atom is -0.384 e. The van der Waals surface area contributed by atoms with E-state index in [2.05, 4.69) is 19.1 Å². The molecule has 22 heavy (non-hydrogen) atoms. The third-order valence-corrected chi connectivity index (χ3v) is 5.82. The topological polar surface area (TPSA) is 46.6 Å². The Kier molecular flexibility index (Phi) is 2.54. The first-order valence-corrected chi connectivity index (χ1v) is 7.60. The van der Waals surface area contributed by atoms with Crippen LogP contribution in [0.15, 0.2) is 24.3 Å². The normalized spacial score (nSPS) is 35.0. The van der Waals surface area contributed by atoms with Crippen LogP contribution in [0.25, 0.3) is 6.08 Å². The van der Waals surface area contributed by atoms with Crippen LogP contribution in [-0.2, 0) is 14.9 Å². The second kappa shape index (κ2) is 4.07. The van der Waals surface area contributed by atoms with Crippen molar-refractivity contribution < 1.29 is 14.3 Å². The molecular formula is C18H19NO3. The second-order valence-electron chi connectivity index (χ2n) is 6.91. The van der Waals surface area contributed by atoms with Gasteiger partial charge < -0.3 is 4.74 Å². The number of imide groups is 1. The van der Waals surface area contributed by atoms with E-state index in [4.69, 9.17) is 4.74 Å². The van der Waals surface area contributed by atoms with Crippen LogP contribution in [0.5, 0.6) is 0 Å². The standard InChI is InChI=1S/C18H19NO3/c1-17(10-22-3)9-12-8-7-11-5-4-6-13-14(11)18(12,17)16(21)19(2)15(13)20/h4-8,12H,9-10H2,1-3H3/t12?,17-,18-/m0/s1. The first-order valence-electron chi connectivity index (χ1n) is 7.60. The third kappa shape index (κ3) is 1.24. The molecule has 3 aliphatic rings. The van der Waals surface area contributed by atoms with E-state index in [9.17, 15) is 9.59 Å². The number of methoxy groups -OCH3 is 1. The summed E-state index contributed by atoms with van der Waals surface area (Å²) in [6, 6.07) is 5.72. The fourth-order valence-corrected chi connectivity index (χ4v) is 4.92. The van der Waals surface area contributed by atoms with Gasteiger partial charge in [0.1, 0.15) is 0 Å². The zero-order valence-corrected chi connectivity index (χ0v) is 13.1. The Bertz CT molecular complexity index is 738. The predicted molar refractivity (Wildman–Crippen MR) is 82.3 cm³/mol. The van der Waals surface area contributed by atoms with Crippen LogP contribution < -0.4 is 0 Å². The highest BCUT2D eigenvalue weighted by Crippen LogP contribution is 2.66. The number of allylic oxidation sites excluding steroid dienone is 1. The van der Waals surface area contributed by atoms with Gasteiger partial charge in [0, 0.05) is 25.1 Å². The van der Waals surface area contributed by atoms with Gasteiger partial charge in [0.15, 0.2) is 0 Å². The van der Waals surface area contributed by atoms with Crippen molar-refractivity contribution in [1.29, 1.82) is 0 Å². The second-order valence-corrected chi connectivity index (χ2v) is 6.91. The Hall–Kier alpha value is -1.94. The molecule has 2 aliphatic carbocycles. The molecule has 0 aromatic heterocycles. The summed E-state index contributed by atoms with van der Waals surface area (Å²) in [5.41, 5.74) is 1.63. The van der Waals surface area contributed by atoms with Gasteiger partial charge >= 0.3 is 0 Å². The largest absolute Gasteiger partial charge is 0.384 e. The molecule has 1 unspecified atom stereocenters. The number of amides is 2. The lowest BCUT2D eigenvalue weighted by Gasteiger charge is -2.64. The van der Waals surface area contributed by atoms with E-state index in [1.807, 2.05) is 18.2 Å². The summed E-state index contributed by atoms with van der Waals surface area (Å²) >= 11 is 0. The molecule has 1 aromatic rings. The SMILES string of the molecule is COC[C@]1(C)CC2C=Cc3cccc4c3[C@]21C(=O)N(C)C4=O. The fourth-order valence-electron chi connectivity index (χ4n) is 4.92. The lowest BCUT2D eigenvalue weighted by Crippen LogP contribution is -2.72. The smallest absolute Gasteiger partial charge is 0.260 e. The van der Waals surface area contributed by atoms with Gasteiger partial charge in [-0.25, -0.2) is 0 Å². The summed E-state index contributed by atoms with van der Waals surface area (Å²) in [5, 5.41) is 0. The molecule has 0 radical (unpaired) electrons. The van der Waals surface area contributed by atoms with Crippen LogP contribution in [0.1, 0.15) is 34.8 Å². The van der Waals surface area contributed by atoms with Crippen molar-refractivity contribution in [3.8, 4) is 0 Å². The van der Waals surface area contributed by atoms with Crippen LogP contribution in [0, 0.1) is 11.3 Å². The Morgan fingerprint density at radius 1 is 1.36 bits per heavy atom. The highest BCUT2D eigenvalue weighted by Gasteiger charge is 2.71. The Labute approximate surface area is 129 Å². The molecule has 1 heterocycles. The van der Waals surface area contributed by atoms with Crippen molar-refractivity contribution in [3.63, 3.8) is 0 Å². The minimum atomic E-state index is -0.660. The van der Waals surface area contributed by atoms with Crippen molar-refractivity contribution in [2.45, 2.75) is 18.8 Å². The molecule has 2 amide bonds. The van der Waals surface area contributed by atoms with Gasteiger partial charge in [-0.3, -0.25) is 14.5 Å². The maximum atomic E-state index is 13.2. The van der Waals surface area contributed by atoms with Gasteiger partial charge in [0.2, 0.25) is 5.91 Å². The monoisotopic (exact) mass is 297 g/mol. The summed E-state index contributed by atoms with van der Waals surface area (Å²) < 4.78 is 5.43. The minimum absolute atomic E-state index is 0.0856. The molecule has 0 saturated heterocycles. The van der Waals surface area contributed by atoms with E-state index in [1.165, 1.54) is 4.90 Å². The van der Waals surface area contributed by atoms with Crippen LogP contribution in [0.3, 0.4) is 0 Å². The van der Waals surface area contributed by atoms with E-state index in [0.717, 1.165) is 17.5 Å². The van der Waals surface area contributed by atoms with E-state index in [0.29, 0.717) is 12.2 Å². The first-order chi connectivity index (χ1) is 10.5. The molecule has 4 nitrogen and oxygen atoms in total. The number of hydrogen-bond donors (Lipinski definition) is 0. The van der Waals surface area contributed by atoms with E-state index >= 15 is 0 Å². The predicted octanol–water partition coefficient (Wildman–Crippen LogP) is 2.24. The molecule has 1 fully saturated rings. The Morgan fingerprint density at radius 2 is 2.14 bits per heavy atom. The Balaban J connectivity index is 2.07. The molecular weight excluding hydrogens is 278 g/mol. The molecule has 3 atom stereocenters. The molecule has 1 spiro atoms. The summed E-state index contributed by atoms with van der Waals surface area (Å²) in [6.07, 6.45) is 5.09. The van der Waals surface area contributed by atoms with Gasteiger partial charge in [-0.2, -0.15) is 0 Å². The fraction of sp³-hybridized carbons (Fsp3) is 0.444. The highest BCUT2D eigenvalue weighted by molar-refractivity contribution is 6.15. The first kappa shape index (κ1) is 13.7. The number of rotatable bonds is 2. The number of hydrogen-bond acceptors (Lipinski definition) is 3. The van der Waals surface area contributed by atoms with Crippen LogP contribution in [-0.4, -0.2) is 37.5 Å². The molecule has 0 N–H and O–H groups in total. The van der Waals surface area contributed by atoms with E-state index in [-0.39, 0.29) is 23.1 Å². The van der Waals surface area contributed by atoms with Crippen molar-refractivity contribution in [1.82, 2.24) is 4.90 Å². The third-order valence-electron chi connectivity index (χ3n) is 5.82. The average Bonchev–Trinajstić information content (AvgIpc) is 2.50. The van der Waals surface area contributed by atoms with Gasteiger partial charge in [-0.1, -0.05) is 31.2 Å². The van der Waals surface area contributed by atoms with Gasteiger partial charge in [-0.15, -0.1) is 0 Å². The van der Waals surface area contributed by atoms with Crippen molar-refractivity contribution in [2.75, 3.05) is 20.8 Å². The van der Waals surface area contributed by atoms with Gasteiger partial charge in [-0.05, 0) is 29.5 Å².